The fraction of sp³-hybridized carbons (Fsp3) is 0.120. The number of aromatic nitrogens is 1. The van der Waals surface area contributed by atoms with Crippen LogP contribution < -0.4 is 15.8 Å². The zero-order valence-electron chi connectivity index (χ0n) is 17.0. The molecule has 1 heterocycles. The quantitative estimate of drug-likeness (QED) is 0.542. The van der Waals surface area contributed by atoms with E-state index >= 15 is 0 Å². The Morgan fingerprint density at radius 2 is 1.60 bits per heavy atom. The average molecular weight is 397 g/mol. The molecule has 3 aromatic carbocycles. The van der Waals surface area contributed by atoms with Crippen molar-refractivity contribution in [3.63, 3.8) is 0 Å². The molecule has 0 aliphatic heterocycles. The second-order valence-corrected chi connectivity index (χ2v) is 7.29. The number of hydrogen-bond acceptors (Lipinski definition) is 3. The molecule has 4 rings (SSSR count). The van der Waals surface area contributed by atoms with Crippen LogP contribution in [0.1, 0.15) is 15.9 Å². The van der Waals surface area contributed by atoms with Gasteiger partial charge in [0.2, 0.25) is 0 Å². The highest BCUT2D eigenvalue weighted by Crippen LogP contribution is 2.27. The monoisotopic (exact) mass is 397 g/mol. The van der Waals surface area contributed by atoms with E-state index in [9.17, 15) is 9.59 Å². The molecule has 1 amide bonds. The van der Waals surface area contributed by atoms with E-state index in [0.29, 0.717) is 17.8 Å². The Bertz CT molecular complexity index is 1260. The summed E-state index contributed by atoms with van der Waals surface area (Å²) < 4.78 is 1.55. The summed E-state index contributed by atoms with van der Waals surface area (Å²) in [6.07, 6.45) is 0. The highest BCUT2D eigenvalue weighted by Gasteiger charge is 2.16. The summed E-state index contributed by atoms with van der Waals surface area (Å²) >= 11 is 0. The van der Waals surface area contributed by atoms with Crippen LogP contribution in [0.3, 0.4) is 0 Å². The summed E-state index contributed by atoms with van der Waals surface area (Å²) in [5, 5.41) is 3.75. The first kappa shape index (κ1) is 19.5. The normalized spacial score (nSPS) is 10.7. The fourth-order valence-corrected chi connectivity index (χ4v) is 3.64. The Balaban J connectivity index is 1.66. The lowest BCUT2D eigenvalue weighted by molar-refractivity contribution is 0.102. The van der Waals surface area contributed by atoms with E-state index in [1.54, 1.807) is 11.6 Å². The summed E-state index contributed by atoms with van der Waals surface area (Å²) in [6, 6.07) is 26.7. The molecule has 0 atom stereocenters. The first-order chi connectivity index (χ1) is 14.5. The van der Waals surface area contributed by atoms with Gasteiger partial charge in [-0.25, -0.2) is 0 Å². The number of rotatable bonds is 5. The highest BCUT2D eigenvalue weighted by molar-refractivity contribution is 6.13. The molecule has 0 aliphatic carbocycles. The molecule has 0 aliphatic rings. The van der Waals surface area contributed by atoms with E-state index in [1.807, 2.05) is 73.8 Å². The lowest BCUT2D eigenvalue weighted by Gasteiger charge is -2.23. The molecule has 0 unspecified atom stereocenters. The largest absolute Gasteiger partial charge is 0.369 e. The Labute approximate surface area is 175 Å². The van der Waals surface area contributed by atoms with Crippen molar-refractivity contribution < 1.29 is 4.79 Å². The van der Waals surface area contributed by atoms with Crippen LogP contribution in [-0.4, -0.2) is 17.5 Å². The molecule has 4 aromatic rings. The number of fused-ring (bicyclic) bond motifs is 1. The van der Waals surface area contributed by atoms with Crippen LogP contribution in [0.25, 0.3) is 10.9 Å². The summed E-state index contributed by atoms with van der Waals surface area (Å²) in [5.74, 6) is -0.301. The minimum atomic E-state index is -0.301. The third-order valence-electron chi connectivity index (χ3n) is 5.22. The number of nitrogens with one attached hydrogen (secondary N) is 1. The predicted molar refractivity (Wildman–Crippen MR) is 122 cm³/mol. The lowest BCUT2D eigenvalue weighted by atomic mass is 10.1. The smallest absolute Gasteiger partial charge is 0.256 e. The minimum Gasteiger partial charge on any atom is -0.369 e. The molecule has 0 radical (unpaired) electrons. The van der Waals surface area contributed by atoms with Crippen molar-refractivity contribution in [2.45, 2.75) is 6.54 Å². The Morgan fingerprint density at radius 3 is 2.40 bits per heavy atom. The third kappa shape index (κ3) is 3.82. The maximum absolute atomic E-state index is 13.1. The van der Waals surface area contributed by atoms with E-state index in [4.69, 9.17) is 0 Å². The summed E-state index contributed by atoms with van der Waals surface area (Å²) in [6.45, 7) is 0.711. The van der Waals surface area contributed by atoms with Gasteiger partial charge >= 0.3 is 0 Å². The summed E-state index contributed by atoms with van der Waals surface area (Å²) in [4.78, 5) is 27.6. The molecule has 0 saturated carbocycles. The number of hydrogen-bond donors (Lipinski definition) is 1. The van der Waals surface area contributed by atoms with Gasteiger partial charge in [-0.1, -0.05) is 60.7 Å². The molecule has 0 bridgehead atoms. The van der Waals surface area contributed by atoms with Crippen LogP contribution in [0.5, 0.6) is 0 Å². The molecular weight excluding hydrogens is 374 g/mol. The van der Waals surface area contributed by atoms with Gasteiger partial charge in [0.15, 0.2) is 0 Å². The molecule has 0 fully saturated rings. The molecule has 0 spiro atoms. The van der Waals surface area contributed by atoms with Gasteiger partial charge < -0.3 is 14.8 Å². The number of carbonyl (C=O) groups excluding carboxylic acids is 1. The van der Waals surface area contributed by atoms with Crippen molar-refractivity contribution in [1.29, 1.82) is 0 Å². The predicted octanol–water partition coefficient (Wildman–Crippen LogP) is 4.43. The number of carbonyl (C=O) groups is 1. The average Bonchev–Trinajstić information content (AvgIpc) is 2.77. The van der Waals surface area contributed by atoms with Gasteiger partial charge in [0.1, 0.15) is 0 Å². The summed E-state index contributed by atoms with van der Waals surface area (Å²) in [5.41, 5.74) is 3.67. The van der Waals surface area contributed by atoms with Crippen molar-refractivity contribution in [1.82, 2.24) is 4.57 Å². The van der Waals surface area contributed by atoms with Gasteiger partial charge in [-0.2, -0.15) is 0 Å². The number of amides is 1. The topological polar surface area (TPSA) is 54.3 Å². The van der Waals surface area contributed by atoms with Gasteiger partial charge in [-0.3, -0.25) is 9.59 Å². The maximum Gasteiger partial charge on any atom is 0.256 e. The molecule has 5 heteroatoms. The number of para-hydroxylation sites is 3. The standard InChI is InChI=1S/C25H23N3O2/c1-27(17-18-10-4-3-5-11-18)23-15-9-7-13-21(23)26-25(30)20-16-24(29)28(2)22-14-8-6-12-19(20)22/h3-16H,17H2,1-2H3,(H,26,30). The van der Waals surface area contributed by atoms with E-state index < -0.39 is 0 Å². The number of anilines is 2. The van der Waals surface area contributed by atoms with E-state index in [0.717, 1.165) is 16.6 Å². The molecule has 0 saturated heterocycles. The molecular formula is C25H23N3O2. The van der Waals surface area contributed by atoms with E-state index in [-0.39, 0.29) is 11.5 Å². The van der Waals surface area contributed by atoms with Crippen molar-refractivity contribution in [3.05, 3.63) is 106 Å². The van der Waals surface area contributed by atoms with Gasteiger partial charge in [-0.15, -0.1) is 0 Å². The molecule has 30 heavy (non-hydrogen) atoms. The third-order valence-corrected chi connectivity index (χ3v) is 5.22. The number of pyridine rings is 1. The van der Waals surface area contributed by atoms with Crippen LogP contribution in [-0.2, 0) is 13.6 Å². The zero-order chi connectivity index (χ0) is 21.1. The first-order valence-corrected chi connectivity index (χ1v) is 9.79. The lowest BCUT2D eigenvalue weighted by Crippen LogP contribution is -2.23. The van der Waals surface area contributed by atoms with E-state index in [2.05, 4.69) is 22.3 Å². The highest BCUT2D eigenvalue weighted by atomic mass is 16.2. The fourth-order valence-electron chi connectivity index (χ4n) is 3.64. The second-order valence-electron chi connectivity index (χ2n) is 7.29. The number of nitrogens with zero attached hydrogens (tertiary/aromatic N) is 2. The maximum atomic E-state index is 13.1. The van der Waals surface area contributed by atoms with Crippen LogP contribution in [0.4, 0.5) is 11.4 Å². The van der Waals surface area contributed by atoms with Crippen LogP contribution in [0, 0.1) is 0 Å². The Kier molecular flexibility index (Phi) is 5.35. The summed E-state index contributed by atoms with van der Waals surface area (Å²) in [7, 11) is 3.70. The van der Waals surface area contributed by atoms with Gasteiger partial charge in [0.25, 0.3) is 11.5 Å². The van der Waals surface area contributed by atoms with Crippen LogP contribution in [0.15, 0.2) is 89.7 Å². The molecule has 150 valence electrons. The first-order valence-electron chi connectivity index (χ1n) is 9.79. The Morgan fingerprint density at radius 1 is 0.933 bits per heavy atom. The number of aryl methyl sites for hydroxylation is 1. The van der Waals surface area contributed by atoms with Gasteiger partial charge in [-0.05, 0) is 23.8 Å². The zero-order valence-corrected chi connectivity index (χ0v) is 17.0. The minimum absolute atomic E-state index is 0.215. The van der Waals surface area contributed by atoms with Gasteiger partial charge in [0, 0.05) is 32.1 Å². The van der Waals surface area contributed by atoms with Crippen molar-refractivity contribution >= 4 is 28.2 Å². The second kappa shape index (κ2) is 8.25. The van der Waals surface area contributed by atoms with Crippen molar-refractivity contribution in [2.75, 3.05) is 17.3 Å². The molecule has 1 aromatic heterocycles. The SMILES string of the molecule is CN(Cc1ccccc1)c1ccccc1NC(=O)c1cc(=O)n(C)c2ccccc12. The van der Waals surface area contributed by atoms with Crippen molar-refractivity contribution in [2.24, 2.45) is 7.05 Å². The van der Waals surface area contributed by atoms with Crippen LogP contribution >= 0.6 is 0 Å². The van der Waals surface area contributed by atoms with Gasteiger partial charge in [0.05, 0.1) is 22.5 Å². The number of benzene rings is 3. The van der Waals surface area contributed by atoms with E-state index in [1.165, 1.54) is 11.6 Å². The van der Waals surface area contributed by atoms with Crippen LogP contribution in [0.2, 0.25) is 0 Å². The molecule has 5 nitrogen and oxygen atoms in total. The Hall–Kier alpha value is -3.86. The molecule has 1 N–H and O–H groups in total. The van der Waals surface area contributed by atoms with Crippen molar-refractivity contribution in [3.8, 4) is 0 Å².